The van der Waals surface area contributed by atoms with Gasteiger partial charge in [0.2, 0.25) is 0 Å². The molecular weight excluding hydrogens is 108 g/mol. The van der Waals surface area contributed by atoms with Gasteiger partial charge in [0.05, 0.1) is 0 Å². The van der Waals surface area contributed by atoms with Crippen molar-refractivity contribution in [1.29, 1.82) is 0 Å². The summed E-state index contributed by atoms with van der Waals surface area (Å²) in [5.41, 5.74) is 0. The lowest BCUT2D eigenvalue weighted by Gasteiger charge is -2.05. The summed E-state index contributed by atoms with van der Waals surface area (Å²) in [5.74, 6) is 2.10. The normalized spacial score (nSPS) is 38.0. The van der Waals surface area contributed by atoms with Crippen molar-refractivity contribution < 1.29 is 0 Å². The quantitative estimate of drug-likeness (QED) is 0.467. The van der Waals surface area contributed by atoms with Gasteiger partial charge in [-0.15, -0.1) is 0 Å². The van der Waals surface area contributed by atoms with E-state index in [0.29, 0.717) is 0 Å². The summed E-state index contributed by atoms with van der Waals surface area (Å²) in [6.07, 6.45) is 7.47. The van der Waals surface area contributed by atoms with Crippen LogP contribution in [-0.2, 0) is 0 Å². The monoisotopic (exact) mass is 126 g/mol. The number of rotatable bonds is 0. The van der Waals surface area contributed by atoms with Gasteiger partial charge in [-0.25, -0.2) is 0 Å². The lowest BCUT2D eigenvalue weighted by Crippen LogP contribution is -1.85. The predicted molar refractivity (Wildman–Crippen MR) is 41.4 cm³/mol. The van der Waals surface area contributed by atoms with E-state index < -0.39 is 0 Å². The molecule has 2 unspecified atom stereocenters. The molecule has 0 radical (unpaired) electrons. The highest BCUT2D eigenvalue weighted by atomic mass is 14.3. The van der Waals surface area contributed by atoms with Gasteiger partial charge in [0.1, 0.15) is 0 Å². The lowest BCUT2D eigenvalue weighted by atomic mass is 10.0. The van der Waals surface area contributed by atoms with Crippen LogP contribution in [0.5, 0.6) is 0 Å². The molecule has 0 aromatic rings. The second-order valence-corrected chi connectivity index (χ2v) is 3.60. The molecule has 9 heavy (non-hydrogen) atoms. The molecule has 0 spiro atoms. The van der Waals surface area contributed by atoms with Crippen molar-refractivity contribution in [2.45, 2.75) is 46.0 Å². The van der Waals surface area contributed by atoms with E-state index in [1.54, 1.807) is 0 Å². The van der Waals surface area contributed by atoms with Gasteiger partial charge in [-0.1, -0.05) is 39.5 Å². The fourth-order valence-corrected chi connectivity index (χ4v) is 0.758. The van der Waals surface area contributed by atoms with Crippen LogP contribution in [0.1, 0.15) is 46.0 Å². The van der Waals surface area contributed by atoms with E-state index in [1.807, 2.05) is 0 Å². The van der Waals surface area contributed by atoms with Crippen molar-refractivity contribution in [2.24, 2.45) is 11.8 Å². The highest BCUT2D eigenvalue weighted by molar-refractivity contribution is 4.76. The molecule has 2 aliphatic rings. The van der Waals surface area contributed by atoms with E-state index in [9.17, 15) is 0 Å². The van der Waals surface area contributed by atoms with E-state index in [2.05, 4.69) is 13.8 Å². The Morgan fingerprint density at radius 2 is 1.00 bits per heavy atom. The summed E-state index contributed by atoms with van der Waals surface area (Å²) < 4.78 is 0. The molecule has 2 saturated carbocycles. The van der Waals surface area contributed by atoms with Crippen LogP contribution in [0.2, 0.25) is 0 Å². The maximum absolute atomic E-state index is 2.30. The van der Waals surface area contributed by atoms with E-state index in [0.717, 1.165) is 11.8 Å². The van der Waals surface area contributed by atoms with E-state index in [-0.39, 0.29) is 0 Å². The highest BCUT2D eigenvalue weighted by Crippen LogP contribution is 2.36. The van der Waals surface area contributed by atoms with Gasteiger partial charge in [-0.3, -0.25) is 0 Å². The maximum atomic E-state index is 2.30. The molecule has 0 nitrogen and oxygen atoms in total. The first kappa shape index (κ1) is 7.11. The van der Waals surface area contributed by atoms with Crippen LogP contribution in [0.4, 0.5) is 0 Å². The van der Waals surface area contributed by atoms with Crippen LogP contribution in [0, 0.1) is 11.8 Å². The molecule has 0 heterocycles. The number of hydrogen-bond donors (Lipinski definition) is 0. The Kier molecular flexibility index (Phi) is 2.56. The third kappa shape index (κ3) is 2.88. The molecular formula is C9H18. The van der Waals surface area contributed by atoms with E-state index in [4.69, 9.17) is 0 Å². The van der Waals surface area contributed by atoms with Gasteiger partial charge in [-0.05, 0) is 18.3 Å². The molecule has 0 aliphatic heterocycles. The average molecular weight is 126 g/mol. The van der Waals surface area contributed by atoms with Crippen LogP contribution in [0.3, 0.4) is 0 Å². The van der Waals surface area contributed by atoms with Crippen molar-refractivity contribution in [3.63, 3.8) is 0 Å². The standard InChI is InChI=1S/C5H10.C4H8/c1-4-3-5(4)2;1-2-4-3-1/h4-5H,3H2,1-2H3;1-4H2. The lowest BCUT2D eigenvalue weighted by molar-refractivity contribution is 0.504. The summed E-state index contributed by atoms with van der Waals surface area (Å²) in [4.78, 5) is 0. The van der Waals surface area contributed by atoms with Crippen molar-refractivity contribution in [2.75, 3.05) is 0 Å². The van der Waals surface area contributed by atoms with E-state index >= 15 is 0 Å². The van der Waals surface area contributed by atoms with Crippen molar-refractivity contribution in [3.8, 4) is 0 Å². The Balaban J connectivity index is 0.0000000922. The smallest absolute Gasteiger partial charge is 0.0414 e. The maximum Gasteiger partial charge on any atom is -0.0414 e. The molecule has 2 rings (SSSR count). The van der Waals surface area contributed by atoms with Gasteiger partial charge in [-0.2, -0.15) is 0 Å². The van der Waals surface area contributed by atoms with Crippen LogP contribution < -0.4 is 0 Å². The Morgan fingerprint density at radius 1 is 0.778 bits per heavy atom. The molecule has 0 N–H and O–H groups in total. The Morgan fingerprint density at radius 3 is 1.00 bits per heavy atom. The molecule has 0 heteroatoms. The number of hydrogen-bond acceptors (Lipinski definition) is 0. The first-order valence-corrected chi connectivity index (χ1v) is 4.30. The van der Waals surface area contributed by atoms with Crippen molar-refractivity contribution in [3.05, 3.63) is 0 Å². The summed E-state index contributed by atoms with van der Waals surface area (Å²) in [7, 11) is 0. The molecule has 2 atom stereocenters. The van der Waals surface area contributed by atoms with Gasteiger partial charge >= 0.3 is 0 Å². The summed E-state index contributed by atoms with van der Waals surface area (Å²) in [5, 5.41) is 0. The molecule has 0 aromatic heterocycles. The third-order valence-corrected chi connectivity index (χ3v) is 2.51. The average Bonchev–Trinajstić information content (AvgIpc) is 2.12. The molecule has 0 saturated heterocycles. The Bertz CT molecular complexity index is 62.1. The minimum absolute atomic E-state index is 1.05. The van der Waals surface area contributed by atoms with Crippen LogP contribution in [0.25, 0.3) is 0 Å². The zero-order valence-corrected chi connectivity index (χ0v) is 6.69. The highest BCUT2D eigenvalue weighted by Gasteiger charge is 2.26. The van der Waals surface area contributed by atoms with Crippen LogP contribution >= 0.6 is 0 Å². The molecule has 0 bridgehead atoms. The third-order valence-electron chi connectivity index (χ3n) is 2.51. The predicted octanol–water partition coefficient (Wildman–Crippen LogP) is 3.22. The fourth-order valence-electron chi connectivity index (χ4n) is 0.758. The summed E-state index contributed by atoms with van der Waals surface area (Å²) in [6, 6.07) is 0. The van der Waals surface area contributed by atoms with Gasteiger partial charge < -0.3 is 0 Å². The minimum Gasteiger partial charge on any atom is -0.0622 e. The Hall–Kier alpha value is 0. The van der Waals surface area contributed by atoms with E-state index in [1.165, 1.54) is 32.1 Å². The zero-order valence-electron chi connectivity index (χ0n) is 6.69. The zero-order chi connectivity index (χ0) is 6.69. The SMILES string of the molecule is C1CCC1.CC1CC1C. The minimum atomic E-state index is 1.05. The largest absolute Gasteiger partial charge is 0.0622 e. The van der Waals surface area contributed by atoms with Crippen molar-refractivity contribution in [1.82, 2.24) is 0 Å². The molecule has 54 valence electrons. The van der Waals surface area contributed by atoms with Gasteiger partial charge in [0.25, 0.3) is 0 Å². The molecule has 0 aromatic carbocycles. The second-order valence-electron chi connectivity index (χ2n) is 3.60. The summed E-state index contributed by atoms with van der Waals surface area (Å²) in [6.45, 7) is 4.59. The van der Waals surface area contributed by atoms with Crippen LogP contribution in [0.15, 0.2) is 0 Å². The van der Waals surface area contributed by atoms with Gasteiger partial charge in [0, 0.05) is 0 Å². The molecule has 0 amide bonds. The first-order chi connectivity index (χ1) is 4.30. The van der Waals surface area contributed by atoms with Crippen LogP contribution in [-0.4, -0.2) is 0 Å². The second kappa shape index (κ2) is 3.24. The molecule has 2 fully saturated rings. The van der Waals surface area contributed by atoms with Gasteiger partial charge in [0.15, 0.2) is 0 Å². The fraction of sp³-hybridized carbons (Fsp3) is 1.00. The first-order valence-electron chi connectivity index (χ1n) is 4.30. The van der Waals surface area contributed by atoms with Crippen molar-refractivity contribution >= 4 is 0 Å². The summed E-state index contributed by atoms with van der Waals surface area (Å²) >= 11 is 0. The molecule has 2 aliphatic carbocycles. The Labute approximate surface area is 58.7 Å². The topological polar surface area (TPSA) is 0 Å².